The van der Waals surface area contributed by atoms with Crippen molar-refractivity contribution in [3.8, 4) is 0 Å². The third-order valence-corrected chi connectivity index (χ3v) is 4.43. The van der Waals surface area contributed by atoms with Gasteiger partial charge in [0.25, 0.3) is 0 Å². The Morgan fingerprint density at radius 1 is 1.38 bits per heavy atom. The lowest BCUT2D eigenvalue weighted by Gasteiger charge is -2.29. The molecule has 1 amide bonds. The third kappa shape index (κ3) is 3.48. The van der Waals surface area contributed by atoms with Crippen molar-refractivity contribution < 1.29 is 19.4 Å². The second-order valence-corrected chi connectivity index (χ2v) is 7.15. The predicted molar refractivity (Wildman–Crippen MR) is 86.5 cm³/mol. The highest BCUT2D eigenvalue weighted by molar-refractivity contribution is 14.1. The van der Waals surface area contributed by atoms with Gasteiger partial charge < -0.3 is 9.84 Å². The molecule has 0 radical (unpaired) electrons. The summed E-state index contributed by atoms with van der Waals surface area (Å²) in [5, 5.41) is 9.13. The zero-order valence-corrected chi connectivity index (χ0v) is 14.1. The molecule has 0 aromatic heterocycles. The van der Waals surface area contributed by atoms with Crippen LogP contribution in [0.4, 0.5) is 4.79 Å². The molecule has 5 nitrogen and oxygen atoms in total. The van der Waals surface area contributed by atoms with Crippen LogP contribution in [0.2, 0.25) is 0 Å². The second-order valence-electron chi connectivity index (χ2n) is 5.19. The molecule has 1 fully saturated rings. The number of carbonyl (C=O) groups is 2. The molecule has 1 saturated heterocycles. The first kappa shape index (κ1) is 16.1. The van der Waals surface area contributed by atoms with Crippen molar-refractivity contribution in [3.63, 3.8) is 0 Å². The number of carboxylic acid groups (broad SMARTS) is 1. The Kier molecular flexibility index (Phi) is 5.08. The van der Waals surface area contributed by atoms with Crippen molar-refractivity contribution in [3.05, 3.63) is 35.9 Å². The van der Waals surface area contributed by atoms with Gasteiger partial charge in [0.2, 0.25) is 0 Å². The summed E-state index contributed by atoms with van der Waals surface area (Å²) in [5.41, 5.74) is 0.964. The largest absolute Gasteiger partial charge is 0.481 e. The Hall–Kier alpha value is -1.31. The fraction of sp³-hybridized carbons (Fsp3) is 0.467. The molecule has 1 heterocycles. The molecule has 1 aromatic rings. The van der Waals surface area contributed by atoms with Crippen molar-refractivity contribution in [1.29, 1.82) is 0 Å². The maximum atomic E-state index is 12.2. The van der Waals surface area contributed by atoms with Gasteiger partial charge in [-0.1, -0.05) is 52.9 Å². The zero-order valence-electron chi connectivity index (χ0n) is 11.9. The number of benzene rings is 1. The Labute approximate surface area is 137 Å². The lowest BCUT2D eigenvalue weighted by molar-refractivity contribution is -0.138. The van der Waals surface area contributed by atoms with Crippen LogP contribution in [0.15, 0.2) is 30.3 Å². The number of nitrogens with zero attached hydrogens (tertiary/aromatic N) is 1. The number of alkyl halides is 1. The summed E-state index contributed by atoms with van der Waals surface area (Å²) in [4.78, 5) is 24.9. The quantitative estimate of drug-likeness (QED) is 0.606. The van der Waals surface area contributed by atoms with E-state index < -0.39 is 24.2 Å². The Morgan fingerprint density at radius 3 is 2.52 bits per heavy atom. The number of carboxylic acids is 1. The number of ether oxygens (including phenoxy) is 1. The fourth-order valence-electron chi connectivity index (χ4n) is 2.68. The van der Waals surface area contributed by atoms with Crippen LogP contribution in [0.3, 0.4) is 0 Å². The lowest BCUT2D eigenvalue weighted by Crippen LogP contribution is -2.42. The van der Waals surface area contributed by atoms with E-state index in [2.05, 4.69) is 22.6 Å². The lowest BCUT2D eigenvalue weighted by atomic mass is 10.0. The van der Waals surface area contributed by atoms with Gasteiger partial charge in [0.1, 0.15) is 6.10 Å². The van der Waals surface area contributed by atoms with Crippen LogP contribution in [0.5, 0.6) is 0 Å². The van der Waals surface area contributed by atoms with Crippen LogP contribution in [0, 0.1) is 0 Å². The van der Waals surface area contributed by atoms with Crippen LogP contribution in [0.1, 0.15) is 31.9 Å². The number of cyclic esters (lactones) is 1. The average Bonchev–Trinajstić information content (AvgIpc) is 2.75. The first-order chi connectivity index (χ1) is 9.91. The van der Waals surface area contributed by atoms with Crippen molar-refractivity contribution in [2.24, 2.45) is 0 Å². The molecular formula is C15H18INO4. The number of carbonyl (C=O) groups excluding carboxylic acids is 1. The van der Waals surface area contributed by atoms with E-state index in [0.29, 0.717) is 0 Å². The second kappa shape index (κ2) is 6.64. The number of halogens is 1. The van der Waals surface area contributed by atoms with Crippen molar-refractivity contribution in [2.75, 3.05) is 0 Å². The first-order valence-corrected chi connectivity index (χ1v) is 8.06. The Balaban J connectivity index is 2.30. The summed E-state index contributed by atoms with van der Waals surface area (Å²) in [6.45, 7) is 3.82. The molecule has 0 unspecified atom stereocenters. The van der Waals surface area contributed by atoms with Gasteiger partial charge in [-0.2, -0.15) is 0 Å². The highest BCUT2D eigenvalue weighted by Crippen LogP contribution is 2.34. The van der Waals surface area contributed by atoms with E-state index in [1.807, 2.05) is 44.2 Å². The zero-order chi connectivity index (χ0) is 15.6. The molecule has 0 aliphatic carbocycles. The Bertz CT molecular complexity index is 520. The topological polar surface area (TPSA) is 66.8 Å². The van der Waals surface area contributed by atoms with E-state index in [1.165, 1.54) is 0 Å². The van der Waals surface area contributed by atoms with Crippen molar-refractivity contribution in [2.45, 2.75) is 42.4 Å². The smallest absolute Gasteiger partial charge is 0.411 e. The molecule has 1 aromatic carbocycles. The summed E-state index contributed by atoms with van der Waals surface area (Å²) >= 11 is 2.17. The third-order valence-electron chi connectivity index (χ3n) is 3.72. The van der Waals surface area contributed by atoms with E-state index in [4.69, 9.17) is 9.84 Å². The highest BCUT2D eigenvalue weighted by atomic mass is 127. The number of rotatable bonds is 5. The minimum Gasteiger partial charge on any atom is -0.481 e. The maximum absolute atomic E-state index is 12.2. The van der Waals surface area contributed by atoms with Crippen LogP contribution in [-0.2, 0) is 9.53 Å². The molecule has 1 aliphatic heterocycles. The number of hydrogen-bond donors (Lipinski definition) is 1. The Morgan fingerprint density at radius 2 is 2.00 bits per heavy atom. The molecule has 1 N–H and O–H groups in total. The fourth-order valence-corrected chi connectivity index (χ4v) is 3.31. The summed E-state index contributed by atoms with van der Waals surface area (Å²) < 4.78 is 5.45. The molecule has 0 saturated carbocycles. The van der Waals surface area contributed by atoms with E-state index in [0.717, 1.165) is 5.56 Å². The average molecular weight is 403 g/mol. The van der Waals surface area contributed by atoms with Crippen molar-refractivity contribution in [1.82, 2.24) is 4.90 Å². The van der Waals surface area contributed by atoms with Gasteiger partial charge in [-0.3, -0.25) is 9.69 Å². The molecule has 21 heavy (non-hydrogen) atoms. The van der Waals surface area contributed by atoms with Crippen molar-refractivity contribution >= 4 is 34.7 Å². The van der Waals surface area contributed by atoms with Crippen LogP contribution >= 0.6 is 22.6 Å². The first-order valence-electron chi connectivity index (χ1n) is 6.81. The molecule has 1 aliphatic rings. The minimum atomic E-state index is -0.925. The SMILES string of the molecule is C[C@H](c1ccccc1)N1C(=O)O[C@H]([C@@H](C)I)[C@@H]1CC(=O)O. The number of aliphatic carboxylic acids is 1. The summed E-state index contributed by atoms with van der Waals surface area (Å²) in [6.07, 6.45) is -0.951. The molecule has 6 heteroatoms. The summed E-state index contributed by atoms with van der Waals surface area (Å²) in [5.74, 6) is -0.925. The van der Waals surface area contributed by atoms with Gasteiger partial charge in [-0.15, -0.1) is 0 Å². The normalized spacial score (nSPS) is 24.5. The summed E-state index contributed by atoms with van der Waals surface area (Å²) in [6, 6.07) is 8.90. The van der Waals surface area contributed by atoms with E-state index >= 15 is 0 Å². The molecule has 0 bridgehead atoms. The highest BCUT2D eigenvalue weighted by Gasteiger charge is 2.46. The van der Waals surface area contributed by atoms with Gasteiger partial charge in [-0.05, 0) is 19.4 Å². The van der Waals surface area contributed by atoms with E-state index in [9.17, 15) is 9.59 Å². The van der Waals surface area contributed by atoms with E-state index in [1.54, 1.807) is 4.90 Å². The number of amides is 1. The van der Waals surface area contributed by atoms with Gasteiger partial charge >= 0.3 is 12.1 Å². The van der Waals surface area contributed by atoms with Gasteiger partial charge in [-0.25, -0.2) is 4.79 Å². The molecule has 2 rings (SSSR count). The predicted octanol–water partition coefficient (Wildman–Crippen LogP) is 3.24. The standard InChI is InChI=1S/C15H18INO4/c1-9(16)14-12(8-13(18)19)17(15(20)21-14)10(2)11-6-4-3-5-7-11/h3-7,9-10,12,14H,8H2,1-2H3,(H,18,19)/t9-,10-,12+,14-/m1/s1. The minimum absolute atomic E-state index is 0.0453. The maximum Gasteiger partial charge on any atom is 0.411 e. The molecule has 4 atom stereocenters. The monoisotopic (exact) mass is 403 g/mol. The molecule has 114 valence electrons. The van der Waals surface area contributed by atoms with Gasteiger partial charge in [0.05, 0.1) is 18.5 Å². The van der Waals surface area contributed by atoms with Crippen LogP contribution in [0.25, 0.3) is 0 Å². The van der Waals surface area contributed by atoms with Crippen LogP contribution < -0.4 is 0 Å². The molecule has 0 spiro atoms. The van der Waals surface area contributed by atoms with E-state index in [-0.39, 0.29) is 16.4 Å². The van der Waals surface area contributed by atoms with Gasteiger partial charge in [0.15, 0.2) is 0 Å². The van der Waals surface area contributed by atoms with Crippen LogP contribution in [-0.4, -0.2) is 38.1 Å². The summed E-state index contributed by atoms with van der Waals surface area (Å²) in [7, 11) is 0. The molecular weight excluding hydrogens is 385 g/mol. The van der Waals surface area contributed by atoms with Gasteiger partial charge in [0, 0.05) is 3.92 Å². The number of hydrogen-bond acceptors (Lipinski definition) is 3.